The van der Waals surface area contributed by atoms with Gasteiger partial charge in [0.05, 0.1) is 7.11 Å². The zero-order valence-electron chi connectivity index (χ0n) is 9.80. The van der Waals surface area contributed by atoms with Crippen molar-refractivity contribution < 1.29 is 31.2 Å². The molecule has 0 amide bonds. The van der Waals surface area contributed by atoms with E-state index in [1.165, 1.54) is 7.11 Å². The first-order valence-corrected chi connectivity index (χ1v) is 7.53. The van der Waals surface area contributed by atoms with E-state index in [2.05, 4.69) is 8.80 Å². The van der Waals surface area contributed by atoms with Gasteiger partial charge in [0.1, 0.15) is 15.5 Å². The Kier molecular flexibility index (Phi) is 4.53. The van der Waals surface area contributed by atoms with Crippen LogP contribution in [-0.2, 0) is 29.6 Å². The largest absolute Gasteiger partial charge is 0.497 e. The number of rotatable bonds is 5. The van der Waals surface area contributed by atoms with Crippen LogP contribution in [-0.4, -0.2) is 36.1 Å². The third kappa shape index (κ3) is 3.16. The Morgan fingerprint density at radius 1 is 0.950 bits per heavy atom. The summed E-state index contributed by atoms with van der Waals surface area (Å²) in [4.78, 5) is 18.5. The molecule has 0 heterocycles. The second-order valence-corrected chi connectivity index (χ2v) is 6.27. The highest BCUT2D eigenvalue weighted by atomic mass is 32.2. The Morgan fingerprint density at radius 3 is 1.90 bits per heavy atom. The topological polar surface area (TPSA) is 136 Å². The lowest BCUT2D eigenvalue weighted by Crippen LogP contribution is -2.07. The first kappa shape index (κ1) is 15.7. The van der Waals surface area contributed by atoms with Gasteiger partial charge in [0.15, 0.2) is 0 Å². The van der Waals surface area contributed by atoms with Crippen molar-refractivity contribution in [2.45, 2.75) is 9.79 Å². The Morgan fingerprint density at radius 2 is 1.45 bits per heavy atom. The molecule has 0 aliphatic heterocycles. The van der Waals surface area contributed by atoms with E-state index in [-0.39, 0.29) is 5.75 Å². The molecule has 1 aromatic carbocycles. The molecule has 11 heteroatoms. The maximum absolute atomic E-state index is 11.7. The molecule has 106 valence electrons. The van der Waals surface area contributed by atoms with Gasteiger partial charge in [0.2, 0.25) is 0 Å². The van der Waals surface area contributed by atoms with Crippen molar-refractivity contribution in [1.82, 2.24) is 0 Å². The highest BCUT2D eigenvalue weighted by Gasteiger charge is 2.27. The van der Waals surface area contributed by atoms with Gasteiger partial charge in [-0.15, -0.1) is 0 Å². The summed E-state index contributed by atoms with van der Waals surface area (Å²) in [6.07, 6.45) is 1.60. The zero-order valence-corrected chi connectivity index (χ0v) is 11.4. The number of hydrogen-bond donors (Lipinski definition) is 0. The summed E-state index contributed by atoms with van der Waals surface area (Å²) in [5.74, 6) is -0.00120. The highest BCUT2D eigenvalue weighted by Crippen LogP contribution is 2.28. The zero-order chi connectivity index (χ0) is 15.4. The van der Waals surface area contributed by atoms with Crippen LogP contribution >= 0.6 is 0 Å². The van der Waals surface area contributed by atoms with Gasteiger partial charge >= 0.3 is 0 Å². The van der Waals surface area contributed by atoms with Crippen molar-refractivity contribution in [3.63, 3.8) is 0 Å². The lowest BCUT2D eigenvalue weighted by Gasteiger charge is -2.06. The monoisotopic (exact) mass is 318 g/mol. The second-order valence-electron chi connectivity index (χ2n) is 3.13. The molecule has 0 atom stereocenters. The summed E-state index contributed by atoms with van der Waals surface area (Å²) in [6, 6.07) is 2.81. The van der Waals surface area contributed by atoms with E-state index < -0.39 is 29.8 Å². The quantitative estimate of drug-likeness (QED) is 0.539. The molecule has 20 heavy (non-hydrogen) atoms. The molecule has 1 rings (SSSR count). The molecule has 0 fully saturated rings. The van der Waals surface area contributed by atoms with Crippen molar-refractivity contribution in [2.24, 2.45) is 8.80 Å². The number of sulfonamides is 2. The fourth-order valence-electron chi connectivity index (χ4n) is 1.23. The average molecular weight is 318 g/mol. The number of isocyanates is 2. The fourth-order valence-corrected chi connectivity index (χ4v) is 3.39. The predicted molar refractivity (Wildman–Crippen MR) is 63.6 cm³/mol. The van der Waals surface area contributed by atoms with Gasteiger partial charge in [-0.1, -0.05) is 8.80 Å². The van der Waals surface area contributed by atoms with Crippen LogP contribution in [0.15, 0.2) is 36.8 Å². The van der Waals surface area contributed by atoms with E-state index >= 15 is 0 Å². The summed E-state index contributed by atoms with van der Waals surface area (Å²) in [6.45, 7) is 0. The van der Waals surface area contributed by atoms with Gasteiger partial charge in [-0.2, -0.15) is 16.8 Å². The van der Waals surface area contributed by atoms with Crippen molar-refractivity contribution in [3.8, 4) is 5.75 Å². The van der Waals surface area contributed by atoms with Crippen molar-refractivity contribution >= 4 is 32.2 Å². The van der Waals surface area contributed by atoms with Gasteiger partial charge in [-0.3, -0.25) is 0 Å². The number of carbonyl (C=O) groups excluding carboxylic acids is 2. The Balaban J connectivity index is 3.81. The molecule has 1 aromatic rings. The molecular weight excluding hydrogens is 312 g/mol. The maximum Gasteiger partial charge on any atom is 0.294 e. The molecule has 0 saturated heterocycles. The summed E-state index contributed by atoms with van der Waals surface area (Å²) in [5, 5.41) is 0. The molecule has 0 spiro atoms. The van der Waals surface area contributed by atoms with E-state index in [4.69, 9.17) is 4.74 Å². The van der Waals surface area contributed by atoms with Crippen LogP contribution in [0.4, 0.5) is 0 Å². The van der Waals surface area contributed by atoms with Crippen LogP contribution in [0.1, 0.15) is 0 Å². The third-order valence-electron chi connectivity index (χ3n) is 2.02. The molecule has 0 aliphatic rings. The molecule has 9 nitrogen and oxygen atoms in total. The van der Waals surface area contributed by atoms with Crippen LogP contribution < -0.4 is 4.74 Å². The number of ether oxygens (including phenoxy) is 1. The Labute approximate surface area is 113 Å². The van der Waals surface area contributed by atoms with Gasteiger partial charge in [0.25, 0.3) is 32.2 Å². The van der Waals surface area contributed by atoms with Crippen molar-refractivity contribution in [3.05, 3.63) is 18.2 Å². The lowest BCUT2D eigenvalue weighted by atomic mass is 10.3. The van der Waals surface area contributed by atoms with Gasteiger partial charge in [0, 0.05) is 6.07 Å². The first-order valence-electron chi connectivity index (χ1n) is 4.65. The summed E-state index contributed by atoms with van der Waals surface area (Å²) < 4.78 is 56.5. The summed E-state index contributed by atoms with van der Waals surface area (Å²) in [5.41, 5.74) is 0. The van der Waals surface area contributed by atoms with E-state index in [0.717, 1.165) is 30.4 Å². The van der Waals surface area contributed by atoms with Crippen LogP contribution in [0, 0.1) is 0 Å². The molecular formula is C9H6N2O7S2. The lowest BCUT2D eigenvalue weighted by molar-refractivity contribution is 0.412. The number of methoxy groups -OCH3 is 1. The minimum absolute atomic E-state index is 0.00120. The standard InChI is InChI=1S/C9H6N2O7S2/c1-18-7-2-3-8(19(14,15)10-5-12)9(4-7)20(16,17)11-6-13/h2-4H,1H3. The average Bonchev–Trinajstić information content (AvgIpc) is 2.38. The maximum atomic E-state index is 11.7. The van der Waals surface area contributed by atoms with Crippen molar-refractivity contribution in [1.29, 1.82) is 0 Å². The molecule has 0 unspecified atom stereocenters. The van der Waals surface area contributed by atoms with Crippen LogP contribution in [0.2, 0.25) is 0 Å². The normalized spacial score (nSPS) is 11.1. The van der Waals surface area contributed by atoms with Gasteiger partial charge < -0.3 is 4.74 Å². The van der Waals surface area contributed by atoms with Gasteiger partial charge in [-0.25, -0.2) is 9.59 Å². The number of benzene rings is 1. The molecule has 0 bridgehead atoms. The Hall–Kier alpha value is -2.32. The molecule has 0 saturated carbocycles. The molecule has 0 aliphatic carbocycles. The summed E-state index contributed by atoms with van der Waals surface area (Å²) >= 11 is 0. The molecule has 0 radical (unpaired) electrons. The molecule has 0 aromatic heterocycles. The number of hydrogen-bond acceptors (Lipinski definition) is 7. The van der Waals surface area contributed by atoms with E-state index in [0.29, 0.717) is 0 Å². The van der Waals surface area contributed by atoms with Gasteiger partial charge in [-0.05, 0) is 12.1 Å². The highest BCUT2D eigenvalue weighted by molar-refractivity contribution is 7.93. The second kappa shape index (κ2) is 5.76. The summed E-state index contributed by atoms with van der Waals surface area (Å²) in [7, 11) is -8.00. The number of nitrogens with zero attached hydrogens (tertiary/aromatic N) is 2. The van der Waals surface area contributed by atoms with Crippen LogP contribution in [0.3, 0.4) is 0 Å². The van der Waals surface area contributed by atoms with E-state index in [1.807, 2.05) is 0 Å². The molecule has 0 N–H and O–H groups in total. The minimum Gasteiger partial charge on any atom is -0.497 e. The minimum atomic E-state index is -4.62. The third-order valence-corrected chi connectivity index (χ3v) is 4.59. The van der Waals surface area contributed by atoms with E-state index in [1.54, 1.807) is 0 Å². The van der Waals surface area contributed by atoms with Crippen LogP contribution in [0.25, 0.3) is 0 Å². The smallest absolute Gasteiger partial charge is 0.294 e. The fraction of sp³-hybridized carbons (Fsp3) is 0.111. The Bertz CT molecular complexity index is 829. The first-order chi connectivity index (χ1) is 9.28. The van der Waals surface area contributed by atoms with Crippen LogP contribution in [0.5, 0.6) is 5.75 Å². The van der Waals surface area contributed by atoms with E-state index in [9.17, 15) is 26.4 Å². The predicted octanol–water partition coefficient (Wildman–Crippen LogP) is -0.256. The SMILES string of the molecule is COc1ccc(S(=O)(=O)N=C=O)c(S(=O)(=O)N=C=O)c1. The van der Waals surface area contributed by atoms with Crippen molar-refractivity contribution in [2.75, 3.05) is 7.11 Å².